The SMILES string of the molecule is COc1cc(CNCCc2ccccc2)ccc1OCC(=O)NC(C)(C)C.Cl. The Labute approximate surface area is 174 Å². The van der Waals surface area contributed by atoms with Gasteiger partial charge in [0.15, 0.2) is 18.1 Å². The molecule has 2 aromatic rings. The summed E-state index contributed by atoms with van der Waals surface area (Å²) in [5.74, 6) is 1.03. The number of amides is 1. The van der Waals surface area contributed by atoms with Crippen molar-refractivity contribution in [2.75, 3.05) is 20.3 Å². The minimum absolute atomic E-state index is 0. The highest BCUT2D eigenvalue weighted by Crippen LogP contribution is 2.28. The maximum Gasteiger partial charge on any atom is 0.258 e. The molecule has 0 radical (unpaired) electrons. The fraction of sp³-hybridized carbons (Fsp3) is 0.409. The molecule has 28 heavy (non-hydrogen) atoms. The zero-order chi connectivity index (χ0) is 19.7. The van der Waals surface area contributed by atoms with Crippen molar-refractivity contribution in [2.24, 2.45) is 0 Å². The van der Waals surface area contributed by atoms with Gasteiger partial charge in [-0.2, -0.15) is 0 Å². The Hall–Kier alpha value is -2.24. The zero-order valence-electron chi connectivity index (χ0n) is 17.1. The van der Waals surface area contributed by atoms with Crippen LogP contribution in [0.4, 0.5) is 0 Å². The smallest absolute Gasteiger partial charge is 0.258 e. The van der Waals surface area contributed by atoms with Gasteiger partial charge in [0.25, 0.3) is 5.91 Å². The first-order valence-corrected chi connectivity index (χ1v) is 9.23. The number of methoxy groups -OCH3 is 1. The molecule has 0 saturated carbocycles. The number of nitrogens with one attached hydrogen (secondary N) is 2. The van der Waals surface area contributed by atoms with Crippen molar-refractivity contribution in [3.8, 4) is 11.5 Å². The zero-order valence-corrected chi connectivity index (χ0v) is 17.9. The van der Waals surface area contributed by atoms with E-state index in [2.05, 4.69) is 34.9 Å². The van der Waals surface area contributed by atoms with Gasteiger partial charge in [-0.15, -0.1) is 12.4 Å². The summed E-state index contributed by atoms with van der Waals surface area (Å²) < 4.78 is 11.0. The van der Waals surface area contributed by atoms with Crippen LogP contribution >= 0.6 is 12.4 Å². The molecule has 0 saturated heterocycles. The van der Waals surface area contributed by atoms with E-state index in [0.29, 0.717) is 11.5 Å². The van der Waals surface area contributed by atoms with Crippen LogP contribution in [0.3, 0.4) is 0 Å². The van der Waals surface area contributed by atoms with Crippen molar-refractivity contribution in [1.29, 1.82) is 0 Å². The van der Waals surface area contributed by atoms with Crippen LogP contribution in [0.25, 0.3) is 0 Å². The standard InChI is InChI=1S/C22H30N2O3.ClH/c1-22(2,3)24-21(25)16-27-19-11-10-18(14-20(19)26-4)15-23-13-12-17-8-6-5-7-9-17;/h5-11,14,23H,12-13,15-16H2,1-4H3,(H,24,25);1H. The van der Waals surface area contributed by atoms with Gasteiger partial charge in [-0.05, 0) is 57.0 Å². The van der Waals surface area contributed by atoms with Crippen LogP contribution in [0, 0.1) is 0 Å². The number of carbonyl (C=O) groups excluding carboxylic acids is 1. The lowest BCUT2D eigenvalue weighted by Crippen LogP contribution is -2.43. The van der Waals surface area contributed by atoms with E-state index >= 15 is 0 Å². The van der Waals surface area contributed by atoms with E-state index in [0.717, 1.165) is 25.1 Å². The highest BCUT2D eigenvalue weighted by atomic mass is 35.5. The average Bonchev–Trinajstić information content (AvgIpc) is 2.63. The molecule has 2 N–H and O–H groups in total. The molecule has 0 unspecified atom stereocenters. The summed E-state index contributed by atoms with van der Waals surface area (Å²) in [6.07, 6.45) is 0.988. The predicted molar refractivity (Wildman–Crippen MR) is 115 cm³/mol. The summed E-state index contributed by atoms with van der Waals surface area (Å²) in [5, 5.41) is 6.31. The summed E-state index contributed by atoms with van der Waals surface area (Å²) in [5.41, 5.74) is 2.14. The topological polar surface area (TPSA) is 59.6 Å². The number of carbonyl (C=O) groups is 1. The highest BCUT2D eigenvalue weighted by Gasteiger charge is 2.15. The van der Waals surface area contributed by atoms with E-state index in [1.165, 1.54) is 5.56 Å². The molecule has 0 heterocycles. The first-order chi connectivity index (χ1) is 12.9. The number of ether oxygens (including phenoxy) is 2. The first-order valence-electron chi connectivity index (χ1n) is 9.23. The Kier molecular flexibility index (Phi) is 9.83. The molecule has 1 amide bonds. The molecule has 6 heteroatoms. The van der Waals surface area contributed by atoms with Crippen molar-refractivity contribution >= 4 is 18.3 Å². The third kappa shape index (κ3) is 8.63. The second-order valence-corrected chi connectivity index (χ2v) is 7.48. The maximum absolute atomic E-state index is 11.9. The minimum atomic E-state index is -0.278. The van der Waals surface area contributed by atoms with E-state index in [1.54, 1.807) is 7.11 Å². The van der Waals surface area contributed by atoms with Gasteiger partial charge in [-0.3, -0.25) is 4.79 Å². The summed E-state index contributed by atoms with van der Waals surface area (Å²) in [6.45, 7) is 7.41. The molecule has 2 aromatic carbocycles. The molecular formula is C22H31ClN2O3. The van der Waals surface area contributed by atoms with E-state index in [-0.39, 0.29) is 30.5 Å². The van der Waals surface area contributed by atoms with Crippen LogP contribution in [-0.4, -0.2) is 31.7 Å². The van der Waals surface area contributed by atoms with E-state index in [1.807, 2.05) is 45.0 Å². The summed E-state index contributed by atoms with van der Waals surface area (Å²) in [7, 11) is 1.60. The molecule has 0 atom stereocenters. The first kappa shape index (κ1) is 23.8. The van der Waals surface area contributed by atoms with Crippen LogP contribution in [0.1, 0.15) is 31.9 Å². The van der Waals surface area contributed by atoms with Gasteiger partial charge in [0.2, 0.25) is 0 Å². The van der Waals surface area contributed by atoms with Crippen LogP contribution in [0.15, 0.2) is 48.5 Å². The Morgan fingerprint density at radius 2 is 1.71 bits per heavy atom. The Morgan fingerprint density at radius 1 is 1.00 bits per heavy atom. The third-order valence-corrected chi connectivity index (χ3v) is 3.86. The van der Waals surface area contributed by atoms with Gasteiger partial charge in [0.05, 0.1) is 7.11 Å². The number of hydrogen-bond donors (Lipinski definition) is 2. The molecular weight excluding hydrogens is 376 g/mol. The summed E-state index contributed by atoms with van der Waals surface area (Å²) >= 11 is 0. The predicted octanol–water partition coefficient (Wildman–Crippen LogP) is 3.74. The molecule has 0 fully saturated rings. The van der Waals surface area contributed by atoms with Crippen molar-refractivity contribution in [3.05, 3.63) is 59.7 Å². The second kappa shape index (κ2) is 11.6. The van der Waals surface area contributed by atoms with Gasteiger partial charge in [0.1, 0.15) is 0 Å². The van der Waals surface area contributed by atoms with E-state index in [4.69, 9.17) is 9.47 Å². The molecule has 0 aliphatic carbocycles. The molecule has 154 valence electrons. The second-order valence-electron chi connectivity index (χ2n) is 7.48. The van der Waals surface area contributed by atoms with E-state index in [9.17, 15) is 4.79 Å². The van der Waals surface area contributed by atoms with Crippen molar-refractivity contribution in [1.82, 2.24) is 10.6 Å². The summed E-state index contributed by atoms with van der Waals surface area (Å²) in [4.78, 5) is 11.9. The van der Waals surface area contributed by atoms with Gasteiger partial charge in [-0.1, -0.05) is 36.4 Å². The average molecular weight is 407 g/mol. The van der Waals surface area contributed by atoms with Crippen LogP contribution in [0.2, 0.25) is 0 Å². The lowest BCUT2D eigenvalue weighted by atomic mass is 10.1. The molecule has 0 aliphatic heterocycles. The largest absolute Gasteiger partial charge is 0.493 e. The van der Waals surface area contributed by atoms with Gasteiger partial charge in [-0.25, -0.2) is 0 Å². The molecule has 2 rings (SSSR count). The number of halogens is 1. The molecule has 0 bridgehead atoms. The van der Waals surface area contributed by atoms with Crippen LogP contribution in [-0.2, 0) is 17.8 Å². The molecule has 0 aliphatic rings. The molecule has 5 nitrogen and oxygen atoms in total. The quantitative estimate of drug-likeness (QED) is 0.623. The lowest BCUT2D eigenvalue weighted by Gasteiger charge is -2.20. The molecule has 0 spiro atoms. The lowest BCUT2D eigenvalue weighted by molar-refractivity contribution is -0.124. The molecule has 0 aromatic heterocycles. The van der Waals surface area contributed by atoms with Crippen LogP contribution in [0.5, 0.6) is 11.5 Å². The van der Waals surface area contributed by atoms with E-state index < -0.39 is 0 Å². The Bertz CT molecular complexity index is 730. The fourth-order valence-electron chi connectivity index (χ4n) is 2.65. The van der Waals surface area contributed by atoms with Gasteiger partial charge >= 0.3 is 0 Å². The number of rotatable bonds is 9. The number of hydrogen-bond acceptors (Lipinski definition) is 4. The Balaban J connectivity index is 0.00000392. The summed E-state index contributed by atoms with van der Waals surface area (Å²) in [6, 6.07) is 16.2. The third-order valence-electron chi connectivity index (χ3n) is 3.86. The van der Waals surface area contributed by atoms with Crippen molar-refractivity contribution in [3.63, 3.8) is 0 Å². The monoisotopic (exact) mass is 406 g/mol. The fourth-order valence-corrected chi connectivity index (χ4v) is 2.65. The van der Waals surface area contributed by atoms with Gasteiger partial charge in [0, 0.05) is 12.1 Å². The van der Waals surface area contributed by atoms with Gasteiger partial charge < -0.3 is 20.1 Å². The van der Waals surface area contributed by atoms with Crippen molar-refractivity contribution in [2.45, 2.75) is 39.3 Å². The van der Waals surface area contributed by atoms with Crippen molar-refractivity contribution < 1.29 is 14.3 Å². The minimum Gasteiger partial charge on any atom is -0.493 e. The number of benzene rings is 2. The highest BCUT2D eigenvalue weighted by molar-refractivity contribution is 5.85. The normalized spacial score (nSPS) is 10.7. The maximum atomic E-state index is 11.9. The van der Waals surface area contributed by atoms with Crippen LogP contribution < -0.4 is 20.1 Å². The Morgan fingerprint density at radius 3 is 2.36 bits per heavy atom.